The molecule has 1 aromatic heterocycles. The molecule has 0 spiro atoms. The molecular weight excluding hydrogens is 353 g/mol. The lowest BCUT2D eigenvalue weighted by Crippen LogP contribution is -2.23. The summed E-state index contributed by atoms with van der Waals surface area (Å²) in [4.78, 5) is 26.7. The van der Waals surface area contributed by atoms with Crippen LogP contribution >= 0.6 is 0 Å². The van der Waals surface area contributed by atoms with Crippen LogP contribution in [0, 0.1) is 15.9 Å². The first kappa shape index (κ1) is 18.0. The Balaban J connectivity index is 1.69. The molecule has 1 heterocycles. The minimum atomic E-state index is -0.489. The van der Waals surface area contributed by atoms with Gasteiger partial charge in [-0.15, -0.1) is 0 Å². The van der Waals surface area contributed by atoms with Gasteiger partial charge in [0.1, 0.15) is 17.1 Å². The number of halogens is 1. The Hall–Kier alpha value is -3.81. The molecule has 0 aliphatic rings. The molecule has 0 aliphatic carbocycles. The number of rotatable bonds is 6. The lowest BCUT2D eigenvalue weighted by molar-refractivity contribution is -0.384. The summed E-state index contributed by atoms with van der Waals surface area (Å²) in [5.74, 6) is -0.382. The Kier molecular flexibility index (Phi) is 5.36. The van der Waals surface area contributed by atoms with Crippen molar-refractivity contribution < 1.29 is 18.8 Å². The summed E-state index contributed by atoms with van der Waals surface area (Å²) in [6.07, 6.45) is 1.48. The van der Waals surface area contributed by atoms with Gasteiger partial charge in [0, 0.05) is 24.9 Å². The highest BCUT2D eigenvalue weighted by molar-refractivity contribution is 5.96. The van der Waals surface area contributed by atoms with E-state index in [2.05, 4.69) is 10.3 Å². The van der Waals surface area contributed by atoms with E-state index < -0.39 is 16.6 Å². The Morgan fingerprint density at radius 1 is 1.11 bits per heavy atom. The number of nitro groups is 1. The lowest BCUT2D eigenvalue weighted by atomic mass is 10.2. The molecule has 0 aliphatic heterocycles. The van der Waals surface area contributed by atoms with Crippen LogP contribution in [0.1, 0.15) is 15.9 Å². The minimum absolute atomic E-state index is 0.0210. The average molecular weight is 367 g/mol. The van der Waals surface area contributed by atoms with Crippen LogP contribution < -0.4 is 10.1 Å². The fourth-order valence-corrected chi connectivity index (χ4v) is 2.27. The van der Waals surface area contributed by atoms with Crippen LogP contribution in [0.4, 0.5) is 10.1 Å². The van der Waals surface area contributed by atoms with Crippen molar-refractivity contribution in [1.82, 2.24) is 10.3 Å². The van der Waals surface area contributed by atoms with E-state index >= 15 is 0 Å². The van der Waals surface area contributed by atoms with Crippen molar-refractivity contribution in [2.24, 2.45) is 0 Å². The van der Waals surface area contributed by atoms with E-state index in [0.29, 0.717) is 11.3 Å². The third-order valence-corrected chi connectivity index (χ3v) is 3.64. The number of ether oxygens (including phenoxy) is 1. The molecular formula is C19H14FN3O4. The number of carbonyl (C=O) groups excluding carboxylic acids is 1. The lowest BCUT2D eigenvalue weighted by Gasteiger charge is -2.10. The van der Waals surface area contributed by atoms with Crippen molar-refractivity contribution in [2.45, 2.75) is 6.54 Å². The molecule has 1 N–H and O–H groups in total. The zero-order chi connectivity index (χ0) is 19.2. The van der Waals surface area contributed by atoms with Crippen molar-refractivity contribution in [3.8, 4) is 11.6 Å². The van der Waals surface area contributed by atoms with E-state index in [0.717, 1.165) is 0 Å². The summed E-state index contributed by atoms with van der Waals surface area (Å²) in [5, 5.41) is 13.4. The van der Waals surface area contributed by atoms with Gasteiger partial charge in [0.25, 0.3) is 11.6 Å². The van der Waals surface area contributed by atoms with Crippen molar-refractivity contribution in [3.05, 3.63) is 93.9 Å². The van der Waals surface area contributed by atoms with Crippen molar-refractivity contribution in [1.29, 1.82) is 0 Å². The molecule has 7 nitrogen and oxygen atoms in total. The first-order chi connectivity index (χ1) is 13.0. The third-order valence-electron chi connectivity index (χ3n) is 3.64. The summed E-state index contributed by atoms with van der Waals surface area (Å²) >= 11 is 0. The molecule has 0 atom stereocenters. The van der Waals surface area contributed by atoms with E-state index in [1.54, 1.807) is 24.3 Å². The molecule has 0 radical (unpaired) electrons. The van der Waals surface area contributed by atoms with Gasteiger partial charge in [0.15, 0.2) is 0 Å². The second-order valence-electron chi connectivity index (χ2n) is 5.52. The van der Waals surface area contributed by atoms with Crippen LogP contribution in [-0.4, -0.2) is 15.8 Å². The van der Waals surface area contributed by atoms with Gasteiger partial charge in [-0.25, -0.2) is 9.37 Å². The molecule has 27 heavy (non-hydrogen) atoms. The molecule has 0 bridgehead atoms. The Morgan fingerprint density at radius 2 is 1.81 bits per heavy atom. The van der Waals surface area contributed by atoms with Crippen LogP contribution in [-0.2, 0) is 6.54 Å². The van der Waals surface area contributed by atoms with E-state index in [4.69, 9.17) is 4.74 Å². The highest BCUT2D eigenvalue weighted by Gasteiger charge is 2.14. The first-order valence-electron chi connectivity index (χ1n) is 7.93. The first-order valence-corrected chi connectivity index (χ1v) is 7.93. The number of benzene rings is 2. The predicted molar refractivity (Wildman–Crippen MR) is 95.0 cm³/mol. The number of nitro benzene ring substituents is 1. The fourth-order valence-electron chi connectivity index (χ4n) is 2.27. The number of hydrogen-bond acceptors (Lipinski definition) is 5. The van der Waals surface area contributed by atoms with Crippen LogP contribution in [0.15, 0.2) is 66.9 Å². The predicted octanol–water partition coefficient (Wildman–Crippen LogP) is 3.85. The smallest absolute Gasteiger partial charge is 0.269 e. The van der Waals surface area contributed by atoms with Gasteiger partial charge in [-0.2, -0.15) is 0 Å². The molecule has 3 rings (SSSR count). The van der Waals surface area contributed by atoms with Gasteiger partial charge >= 0.3 is 0 Å². The zero-order valence-electron chi connectivity index (χ0n) is 14.0. The Morgan fingerprint density at radius 3 is 2.48 bits per heavy atom. The maximum atomic E-state index is 13.0. The topological polar surface area (TPSA) is 94.4 Å². The van der Waals surface area contributed by atoms with E-state index in [1.807, 2.05) is 0 Å². The molecule has 0 saturated heterocycles. The number of non-ortho nitro benzene ring substituents is 1. The third kappa shape index (κ3) is 4.63. The number of carbonyl (C=O) groups is 1. The highest BCUT2D eigenvalue weighted by Crippen LogP contribution is 2.23. The highest BCUT2D eigenvalue weighted by atomic mass is 19.1. The quantitative estimate of drug-likeness (QED) is 0.527. The maximum Gasteiger partial charge on any atom is 0.269 e. The summed E-state index contributed by atoms with van der Waals surface area (Å²) in [6.45, 7) is 0.182. The molecule has 2 aromatic carbocycles. The molecule has 136 valence electrons. The summed E-state index contributed by atoms with van der Waals surface area (Å²) in [5.41, 5.74) is 0.898. The van der Waals surface area contributed by atoms with Crippen LogP contribution in [0.5, 0.6) is 11.6 Å². The van der Waals surface area contributed by atoms with Gasteiger partial charge in [0.05, 0.1) is 4.92 Å². The Bertz CT molecular complexity index is 959. The molecule has 8 heteroatoms. The Labute approximate surface area is 153 Å². The largest absolute Gasteiger partial charge is 0.438 e. The average Bonchev–Trinajstić information content (AvgIpc) is 2.68. The van der Waals surface area contributed by atoms with E-state index in [1.165, 1.54) is 42.6 Å². The van der Waals surface area contributed by atoms with E-state index in [9.17, 15) is 19.3 Å². The summed E-state index contributed by atoms with van der Waals surface area (Å²) < 4.78 is 18.6. The number of hydrogen-bond donors (Lipinski definition) is 1. The standard InChI is InChI=1S/C19H14FN3O4/c20-14-5-9-16(10-6-14)27-19-17(2-1-11-21-19)18(24)22-12-13-3-7-15(8-4-13)23(25)26/h1-11H,12H2,(H,22,24). The van der Waals surface area contributed by atoms with Gasteiger partial charge in [-0.1, -0.05) is 12.1 Å². The monoisotopic (exact) mass is 367 g/mol. The summed E-state index contributed by atoms with van der Waals surface area (Å²) in [7, 11) is 0. The minimum Gasteiger partial charge on any atom is -0.438 e. The molecule has 0 unspecified atom stereocenters. The number of pyridine rings is 1. The molecule has 0 fully saturated rings. The van der Waals surface area contributed by atoms with Gasteiger partial charge < -0.3 is 10.1 Å². The summed E-state index contributed by atoms with van der Waals surface area (Å²) in [6, 6.07) is 14.4. The number of amides is 1. The molecule has 3 aromatic rings. The second-order valence-corrected chi connectivity index (χ2v) is 5.52. The van der Waals surface area contributed by atoms with Crippen molar-refractivity contribution >= 4 is 11.6 Å². The van der Waals surface area contributed by atoms with Crippen LogP contribution in [0.25, 0.3) is 0 Å². The van der Waals surface area contributed by atoms with E-state index in [-0.39, 0.29) is 23.7 Å². The van der Waals surface area contributed by atoms with Crippen LogP contribution in [0.3, 0.4) is 0 Å². The fraction of sp³-hybridized carbons (Fsp3) is 0.0526. The number of nitrogens with zero attached hydrogens (tertiary/aromatic N) is 2. The van der Waals surface area contributed by atoms with Gasteiger partial charge in [-0.05, 0) is 42.0 Å². The number of nitrogens with one attached hydrogen (secondary N) is 1. The van der Waals surface area contributed by atoms with Crippen LogP contribution in [0.2, 0.25) is 0 Å². The second kappa shape index (κ2) is 8.05. The maximum absolute atomic E-state index is 13.0. The van der Waals surface area contributed by atoms with Crippen molar-refractivity contribution in [3.63, 3.8) is 0 Å². The van der Waals surface area contributed by atoms with Gasteiger partial charge in [-0.3, -0.25) is 14.9 Å². The zero-order valence-corrected chi connectivity index (χ0v) is 14.0. The molecule has 0 saturated carbocycles. The molecule has 1 amide bonds. The SMILES string of the molecule is O=C(NCc1ccc([N+](=O)[O-])cc1)c1cccnc1Oc1ccc(F)cc1. The normalized spacial score (nSPS) is 10.3. The van der Waals surface area contributed by atoms with Crippen molar-refractivity contribution in [2.75, 3.05) is 0 Å². The number of aromatic nitrogens is 1. The van der Waals surface area contributed by atoms with Gasteiger partial charge in [0.2, 0.25) is 5.88 Å².